The van der Waals surface area contributed by atoms with Crippen LogP contribution in [0.4, 0.5) is 9.59 Å². The summed E-state index contributed by atoms with van der Waals surface area (Å²) >= 11 is 0. The summed E-state index contributed by atoms with van der Waals surface area (Å²) in [6, 6.07) is 28.9. The Labute approximate surface area is 472 Å². The molecular weight excluding hydrogens is 1160 g/mol. The van der Waals surface area contributed by atoms with Gasteiger partial charge in [-0.2, -0.15) is 0 Å². The summed E-state index contributed by atoms with van der Waals surface area (Å²) in [5.74, 6) is -4.87. The second kappa shape index (κ2) is 37.0. The van der Waals surface area contributed by atoms with E-state index in [9.17, 15) is 28.8 Å². The van der Waals surface area contributed by atoms with Gasteiger partial charge in [0.1, 0.15) is 26.7 Å². The molecule has 2 aliphatic carbocycles. The molecular formula is C41H46N10O22Y2-2. The van der Waals surface area contributed by atoms with Crippen molar-refractivity contribution in [2.75, 3.05) is 26.7 Å². The molecule has 75 heavy (non-hydrogen) atoms. The number of benzene rings is 4. The Morgan fingerprint density at radius 3 is 1.05 bits per heavy atom. The van der Waals surface area contributed by atoms with Crippen molar-refractivity contribution in [3.63, 3.8) is 0 Å². The molecule has 2 radical (unpaired) electrons. The fourth-order valence-corrected chi connectivity index (χ4v) is 6.61. The number of carboxylic acid groups (broad SMARTS) is 2. The van der Waals surface area contributed by atoms with Crippen molar-refractivity contribution in [2.45, 2.75) is 43.2 Å². The molecule has 0 heterocycles. The summed E-state index contributed by atoms with van der Waals surface area (Å²) < 4.78 is 10.5. The average Bonchev–Trinajstić information content (AvgIpc) is 3.80. The number of rotatable bonds is 17. The van der Waals surface area contributed by atoms with Crippen molar-refractivity contribution in [1.82, 2.24) is 10.6 Å². The van der Waals surface area contributed by atoms with E-state index in [0.29, 0.717) is 0 Å². The molecule has 0 saturated heterocycles. The largest absolute Gasteiger partial charge is 0.666 e. The fourth-order valence-electron chi connectivity index (χ4n) is 6.61. The number of nitrogens with two attached hydrogens (primary N) is 2. The molecule has 0 fully saturated rings. The first kappa shape index (κ1) is 69.3. The first-order valence-electron chi connectivity index (χ1n) is 20.2. The Morgan fingerprint density at radius 1 is 0.547 bits per heavy atom. The van der Waals surface area contributed by atoms with Gasteiger partial charge in [0.05, 0.1) is 30.3 Å². The molecule has 34 heteroatoms. The van der Waals surface area contributed by atoms with Crippen molar-refractivity contribution < 1.29 is 154 Å². The number of amides is 4. The van der Waals surface area contributed by atoms with Crippen molar-refractivity contribution >= 4 is 35.9 Å². The zero-order chi connectivity index (χ0) is 55.2. The molecule has 0 aromatic heterocycles. The van der Waals surface area contributed by atoms with E-state index in [0.717, 1.165) is 44.5 Å². The standard InChI is InChI=1S/C20H20N2O5.C19H18N2O5.2CH4N2O3.2HNO3.2Y/c21-19(25)17(9-10-18(23)24)22-20(26)27-11-16-14-7-3-1-5-12(14)13-6-2-4-8-15(13)16;20-18(24)16(9-17(22)23)21-19(25)26-10-15-13-7-3-1-5-11(13)12-6-2-4-8-14(12)15;2*2-1-6-3(4)5;2*2-1(3)4;;/h1-8,16-17H,9-11H2,(H4,21,22,23,24,25,26);1-8,15-16H,9-10H2,(H4,20,21,22,23,24,25);2*1-2H2;2*(H,2,3,4);;/p-2. The van der Waals surface area contributed by atoms with Gasteiger partial charge in [0, 0.05) is 83.7 Å². The van der Waals surface area contributed by atoms with Crippen LogP contribution in [0.5, 0.6) is 0 Å². The van der Waals surface area contributed by atoms with E-state index >= 15 is 0 Å². The van der Waals surface area contributed by atoms with Crippen LogP contribution >= 0.6 is 0 Å². The average molecular weight is 1210 g/mol. The molecule has 0 saturated carbocycles. The van der Waals surface area contributed by atoms with Gasteiger partial charge in [-0.3, -0.25) is 19.3 Å². The Balaban J connectivity index is 0. The molecule has 6 rings (SSSR count). The van der Waals surface area contributed by atoms with Crippen LogP contribution in [0.25, 0.3) is 33.7 Å². The van der Waals surface area contributed by atoms with Crippen molar-refractivity contribution in [2.24, 2.45) is 11.5 Å². The second-order valence-electron chi connectivity index (χ2n) is 13.8. The van der Waals surface area contributed by atoms with Crippen LogP contribution in [0.15, 0.2) is 97.1 Å². The maximum atomic E-state index is 12.1. The van der Waals surface area contributed by atoms with Crippen LogP contribution in [0.1, 0.15) is 53.4 Å². The number of ether oxygens (including phenoxy) is 2. The normalized spacial score (nSPS) is 11.3. The van der Waals surface area contributed by atoms with E-state index < -0.39 is 74.8 Å². The third kappa shape index (κ3) is 26.7. The summed E-state index contributed by atoms with van der Waals surface area (Å²) in [6.45, 7) is -0.608. The molecule has 0 aliphatic heterocycles. The van der Waals surface area contributed by atoms with Gasteiger partial charge in [0.15, 0.2) is 0 Å². The molecule has 4 aromatic rings. The number of hydrogen-bond donors (Lipinski definition) is 8. The maximum Gasteiger partial charge on any atom is 0.407 e. The zero-order valence-corrected chi connectivity index (χ0v) is 44.4. The third-order valence-electron chi connectivity index (χ3n) is 9.29. The van der Waals surface area contributed by atoms with Gasteiger partial charge in [-0.1, -0.05) is 97.1 Å². The number of carbonyl (C=O) groups excluding carboxylic acids is 4. The first-order chi connectivity index (χ1) is 34.4. The minimum Gasteiger partial charge on any atom is -0.666 e. The smallest absolute Gasteiger partial charge is 0.407 e. The van der Waals surface area contributed by atoms with Crippen LogP contribution in [-0.2, 0) is 104 Å². The van der Waals surface area contributed by atoms with E-state index in [1.54, 1.807) is 0 Å². The Bertz CT molecular complexity index is 2440. The maximum absolute atomic E-state index is 12.1. The van der Waals surface area contributed by atoms with E-state index in [1.807, 2.05) is 97.1 Å². The van der Waals surface area contributed by atoms with E-state index in [2.05, 4.69) is 31.8 Å². The van der Waals surface area contributed by atoms with Gasteiger partial charge in [-0.05, 0) is 50.9 Å². The van der Waals surface area contributed by atoms with Gasteiger partial charge < -0.3 is 73.3 Å². The van der Waals surface area contributed by atoms with Crippen LogP contribution in [0.3, 0.4) is 0 Å². The van der Waals surface area contributed by atoms with Crippen LogP contribution in [-0.4, -0.2) is 116 Å². The van der Waals surface area contributed by atoms with Crippen LogP contribution in [0.2, 0.25) is 0 Å². The molecule has 2 aliphatic rings. The molecule has 32 nitrogen and oxygen atoms in total. The molecule has 0 bridgehead atoms. The van der Waals surface area contributed by atoms with Gasteiger partial charge in [-0.15, -0.1) is 40.5 Å². The Hall–Kier alpha value is -7.77. The summed E-state index contributed by atoms with van der Waals surface area (Å²) in [5.41, 5.74) is 31.9. The van der Waals surface area contributed by atoms with Crippen molar-refractivity contribution in [3.05, 3.63) is 171 Å². The number of fused-ring (bicyclic) bond motifs is 6. The van der Waals surface area contributed by atoms with E-state index in [-0.39, 0.29) is 117 Å². The number of nitrogens with one attached hydrogen (secondary N) is 4. The number of nitrogens with zero attached hydrogens (tertiary/aromatic N) is 4. The molecule has 4 amide bonds. The predicted molar refractivity (Wildman–Crippen MR) is 244 cm³/mol. The number of alkyl carbamates (subject to hydrolysis) is 2. The van der Waals surface area contributed by atoms with Gasteiger partial charge in [-0.25, -0.2) is 9.59 Å². The summed E-state index contributed by atoms with van der Waals surface area (Å²) in [6.07, 6.45) is -2.89. The molecule has 2 unspecified atom stereocenters. The molecule has 2 atom stereocenters. The minimum absolute atomic E-state index is 0. The third-order valence-corrected chi connectivity index (χ3v) is 9.29. The molecule has 12 N–H and O–H groups in total. The van der Waals surface area contributed by atoms with Crippen molar-refractivity contribution in [3.8, 4) is 22.3 Å². The summed E-state index contributed by atoms with van der Waals surface area (Å²) in [5, 5.41) is 65.5. The van der Waals surface area contributed by atoms with Gasteiger partial charge in [0.25, 0.3) is 20.3 Å². The van der Waals surface area contributed by atoms with Crippen LogP contribution in [0, 0.1) is 40.5 Å². The summed E-state index contributed by atoms with van der Waals surface area (Å²) in [7, 11) is 0. The second-order valence-corrected chi connectivity index (χ2v) is 13.8. The number of carboxylic acids is 2. The quantitative estimate of drug-likeness (QED) is 0.0423. The summed E-state index contributed by atoms with van der Waals surface area (Å²) in [4.78, 5) is 110. The number of carbonyl (C=O) groups is 6. The molecule has 400 valence electrons. The van der Waals surface area contributed by atoms with E-state index in [4.69, 9.17) is 82.0 Å². The monoisotopic (exact) mass is 1210 g/mol. The Kier molecular flexibility index (Phi) is 34.2. The first-order valence-corrected chi connectivity index (χ1v) is 20.2. The minimum atomic E-state index is -1.50. The molecule has 0 spiro atoms. The SMILES string of the molecule is NCO[N+](=O)[O-].NCO[N+](=O)[O-].O=[N+]([O-])O.O=[N+]([O-])O.[NH-]C(=O)C(CC(=O)O)NC(=O)OCC1c2ccccc2-c2ccccc21.[NH-]C(=O)C(CCC(=O)O)NC(=O)OCC1c2ccccc2-c2ccccc21.[Y].[Y]. The topological polar surface area (TPSA) is 517 Å². The fraction of sp³-hybridized carbons (Fsp3) is 0.268. The number of hydrogen-bond acceptors (Lipinski definition) is 20. The van der Waals surface area contributed by atoms with Crippen molar-refractivity contribution in [1.29, 1.82) is 0 Å². The Morgan fingerprint density at radius 2 is 0.827 bits per heavy atom. The van der Waals surface area contributed by atoms with Gasteiger partial charge in [0.2, 0.25) is 0 Å². The predicted octanol–water partition coefficient (Wildman–Crippen LogP) is 3.81. The van der Waals surface area contributed by atoms with Crippen LogP contribution < -0.4 is 22.1 Å². The zero-order valence-electron chi connectivity index (χ0n) is 38.7. The van der Waals surface area contributed by atoms with Gasteiger partial charge >= 0.3 is 24.1 Å². The van der Waals surface area contributed by atoms with E-state index in [1.165, 1.54) is 0 Å². The molecule has 4 aromatic carbocycles. The number of aliphatic carboxylic acids is 2.